The number of carbonyl (C=O) groups is 2. The van der Waals surface area contributed by atoms with E-state index in [0.29, 0.717) is 38.2 Å². The number of carbonyl (C=O) groups excluding carboxylic acids is 2. The van der Waals surface area contributed by atoms with Gasteiger partial charge in [-0.3, -0.25) is 14.6 Å². The summed E-state index contributed by atoms with van der Waals surface area (Å²) in [6, 6.07) is 3.78. The summed E-state index contributed by atoms with van der Waals surface area (Å²) in [5, 5.41) is 9.23. The quantitative estimate of drug-likeness (QED) is 0.761. The van der Waals surface area contributed by atoms with E-state index in [1.54, 1.807) is 17.3 Å². The van der Waals surface area contributed by atoms with Crippen molar-refractivity contribution in [2.75, 3.05) is 18.8 Å². The Hall–Kier alpha value is -2.42. The second-order valence-electron chi connectivity index (χ2n) is 6.13. The maximum Gasteiger partial charge on any atom is 0.233 e. The Morgan fingerprint density at radius 2 is 1.92 bits per heavy atom. The highest BCUT2D eigenvalue weighted by Gasteiger charge is 2.26. The lowest BCUT2D eigenvalue weighted by Gasteiger charge is -2.30. The first kappa shape index (κ1) is 18.4. The van der Waals surface area contributed by atoms with Crippen LogP contribution >= 0.6 is 11.8 Å². The van der Waals surface area contributed by atoms with Crippen LogP contribution in [0.3, 0.4) is 0 Å². The molecule has 0 unspecified atom stereocenters. The number of piperidine rings is 1. The first-order valence-corrected chi connectivity index (χ1v) is 9.62. The molecule has 9 heteroatoms. The van der Waals surface area contributed by atoms with Crippen molar-refractivity contribution < 1.29 is 9.59 Å². The average Bonchev–Trinajstić information content (AvgIpc) is 3.09. The summed E-state index contributed by atoms with van der Waals surface area (Å²) < 4.78 is 1.99. The highest BCUT2D eigenvalue weighted by atomic mass is 32.2. The monoisotopic (exact) mass is 374 g/mol. The molecule has 138 valence electrons. The zero-order valence-electron chi connectivity index (χ0n) is 14.7. The van der Waals surface area contributed by atoms with Crippen LogP contribution in [0.2, 0.25) is 0 Å². The average molecular weight is 374 g/mol. The molecular formula is C17H22N6O2S. The fraction of sp³-hybridized carbons (Fsp3) is 0.471. The SMILES string of the molecule is CCn1c(SCC(=O)N2CCC(C(N)=O)CC2)nnc1-c1ccncc1. The van der Waals surface area contributed by atoms with E-state index in [2.05, 4.69) is 15.2 Å². The highest BCUT2D eigenvalue weighted by Crippen LogP contribution is 2.24. The normalized spacial score (nSPS) is 15.2. The summed E-state index contributed by atoms with van der Waals surface area (Å²) in [4.78, 5) is 29.5. The number of pyridine rings is 1. The van der Waals surface area contributed by atoms with E-state index in [1.165, 1.54) is 11.8 Å². The van der Waals surface area contributed by atoms with E-state index in [4.69, 9.17) is 5.73 Å². The van der Waals surface area contributed by atoms with Crippen LogP contribution < -0.4 is 5.73 Å². The molecule has 1 aliphatic heterocycles. The van der Waals surface area contributed by atoms with E-state index >= 15 is 0 Å². The van der Waals surface area contributed by atoms with Gasteiger partial charge in [-0.1, -0.05) is 11.8 Å². The number of hydrogen-bond donors (Lipinski definition) is 1. The lowest BCUT2D eigenvalue weighted by atomic mass is 9.96. The molecule has 0 aromatic carbocycles. The molecule has 0 spiro atoms. The van der Waals surface area contributed by atoms with Crippen molar-refractivity contribution in [2.24, 2.45) is 11.7 Å². The summed E-state index contributed by atoms with van der Waals surface area (Å²) in [5.41, 5.74) is 6.28. The van der Waals surface area contributed by atoms with Crippen LogP contribution in [-0.2, 0) is 16.1 Å². The van der Waals surface area contributed by atoms with Crippen LogP contribution in [0.15, 0.2) is 29.7 Å². The van der Waals surface area contributed by atoms with Crippen molar-refractivity contribution in [2.45, 2.75) is 31.5 Å². The molecule has 3 rings (SSSR count). The number of aromatic nitrogens is 4. The van der Waals surface area contributed by atoms with Crippen molar-refractivity contribution in [1.29, 1.82) is 0 Å². The fourth-order valence-corrected chi connectivity index (χ4v) is 3.93. The number of nitrogens with two attached hydrogens (primary N) is 1. The number of amides is 2. The Kier molecular flexibility index (Phi) is 5.87. The van der Waals surface area contributed by atoms with Crippen molar-refractivity contribution >= 4 is 23.6 Å². The van der Waals surface area contributed by atoms with E-state index in [-0.39, 0.29) is 17.7 Å². The standard InChI is InChI=1S/C17H22N6O2S/c1-2-23-16(13-3-7-19-8-4-13)20-21-17(23)26-11-14(24)22-9-5-12(6-10-22)15(18)25/h3-4,7-8,12H,2,5-6,9-11H2,1H3,(H2,18,25). The zero-order valence-corrected chi connectivity index (χ0v) is 15.5. The molecule has 8 nitrogen and oxygen atoms in total. The molecule has 0 aliphatic carbocycles. The largest absolute Gasteiger partial charge is 0.369 e. The van der Waals surface area contributed by atoms with Crippen molar-refractivity contribution in [3.05, 3.63) is 24.5 Å². The van der Waals surface area contributed by atoms with Crippen LogP contribution in [0.1, 0.15) is 19.8 Å². The second kappa shape index (κ2) is 8.31. The molecule has 2 N–H and O–H groups in total. The molecule has 2 aromatic heterocycles. The number of likely N-dealkylation sites (tertiary alicyclic amines) is 1. The lowest BCUT2D eigenvalue weighted by Crippen LogP contribution is -2.42. The van der Waals surface area contributed by atoms with Gasteiger partial charge >= 0.3 is 0 Å². The van der Waals surface area contributed by atoms with Gasteiger partial charge in [-0.05, 0) is 31.9 Å². The number of hydrogen-bond acceptors (Lipinski definition) is 6. The summed E-state index contributed by atoms with van der Waals surface area (Å²) in [6.45, 7) is 3.89. The Labute approximate surface area is 156 Å². The van der Waals surface area contributed by atoms with Gasteiger partial charge in [0.25, 0.3) is 0 Å². The molecule has 0 saturated carbocycles. The van der Waals surface area contributed by atoms with Crippen molar-refractivity contribution in [3.63, 3.8) is 0 Å². The van der Waals surface area contributed by atoms with Gasteiger partial charge in [-0.2, -0.15) is 0 Å². The van der Waals surface area contributed by atoms with Crippen molar-refractivity contribution in [1.82, 2.24) is 24.6 Å². The summed E-state index contributed by atoms with van der Waals surface area (Å²) in [5.74, 6) is 0.737. The van der Waals surface area contributed by atoms with Crippen LogP contribution in [-0.4, -0.2) is 55.3 Å². The molecule has 1 aliphatic rings. The minimum absolute atomic E-state index is 0.0500. The summed E-state index contributed by atoms with van der Waals surface area (Å²) in [6.07, 6.45) is 4.72. The van der Waals surface area contributed by atoms with Crippen molar-refractivity contribution in [3.8, 4) is 11.4 Å². The van der Waals surface area contributed by atoms with Gasteiger partial charge in [-0.25, -0.2) is 0 Å². The van der Waals surface area contributed by atoms with E-state index in [9.17, 15) is 9.59 Å². The van der Waals surface area contributed by atoms with Crippen LogP contribution in [0.4, 0.5) is 0 Å². The smallest absolute Gasteiger partial charge is 0.233 e. The van der Waals surface area contributed by atoms with Crippen LogP contribution in [0.25, 0.3) is 11.4 Å². The molecular weight excluding hydrogens is 352 g/mol. The Morgan fingerprint density at radius 3 is 2.54 bits per heavy atom. The molecule has 0 bridgehead atoms. The zero-order chi connectivity index (χ0) is 18.5. The van der Waals surface area contributed by atoms with Gasteiger partial charge in [-0.15, -0.1) is 10.2 Å². The molecule has 0 atom stereocenters. The Morgan fingerprint density at radius 1 is 1.23 bits per heavy atom. The van der Waals surface area contributed by atoms with Gasteiger partial charge in [0, 0.05) is 43.5 Å². The predicted octanol–water partition coefficient (Wildman–Crippen LogP) is 1.18. The first-order chi connectivity index (χ1) is 12.6. The maximum atomic E-state index is 12.4. The maximum absolute atomic E-state index is 12.4. The van der Waals surface area contributed by atoms with E-state index in [1.807, 2.05) is 23.6 Å². The van der Waals surface area contributed by atoms with Gasteiger partial charge < -0.3 is 15.2 Å². The minimum Gasteiger partial charge on any atom is -0.369 e. The van der Waals surface area contributed by atoms with Gasteiger partial charge in [0.05, 0.1) is 5.75 Å². The number of thioether (sulfide) groups is 1. The van der Waals surface area contributed by atoms with E-state index < -0.39 is 0 Å². The van der Waals surface area contributed by atoms with Gasteiger partial charge in [0.2, 0.25) is 11.8 Å². The molecule has 26 heavy (non-hydrogen) atoms. The molecule has 1 fully saturated rings. The third-order valence-corrected chi connectivity index (χ3v) is 5.50. The molecule has 0 radical (unpaired) electrons. The molecule has 2 aromatic rings. The third-order valence-electron chi connectivity index (χ3n) is 4.55. The Bertz CT molecular complexity index is 771. The predicted molar refractivity (Wildman–Crippen MR) is 98.1 cm³/mol. The summed E-state index contributed by atoms with van der Waals surface area (Å²) >= 11 is 1.39. The highest BCUT2D eigenvalue weighted by molar-refractivity contribution is 7.99. The number of primary amides is 1. The molecule has 2 amide bonds. The lowest BCUT2D eigenvalue weighted by molar-refractivity contribution is -0.132. The van der Waals surface area contributed by atoms with Gasteiger partial charge in [0.15, 0.2) is 11.0 Å². The second-order valence-corrected chi connectivity index (χ2v) is 7.07. The fourth-order valence-electron chi connectivity index (χ4n) is 3.03. The summed E-state index contributed by atoms with van der Waals surface area (Å²) in [7, 11) is 0. The Balaban J connectivity index is 1.61. The minimum atomic E-state index is -0.272. The first-order valence-electron chi connectivity index (χ1n) is 8.63. The number of nitrogens with zero attached hydrogens (tertiary/aromatic N) is 5. The third kappa shape index (κ3) is 4.04. The number of rotatable bonds is 6. The molecule has 3 heterocycles. The van der Waals surface area contributed by atoms with Gasteiger partial charge in [0.1, 0.15) is 0 Å². The molecule has 1 saturated heterocycles. The topological polar surface area (TPSA) is 107 Å². The van der Waals surface area contributed by atoms with E-state index in [0.717, 1.165) is 16.5 Å². The van der Waals surface area contributed by atoms with Crippen LogP contribution in [0, 0.1) is 5.92 Å². The van der Waals surface area contributed by atoms with Crippen LogP contribution in [0.5, 0.6) is 0 Å².